The van der Waals surface area contributed by atoms with Crippen LogP contribution >= 0.6 is 0 Å². The van der Waals surface area contributed by atoms with E-state index in [0.717, 1.165) is 17.2 Å². The molecule has 0 unspecified atom stereocenters. The van der Waals surface area contributed by atoms with Crippen molar-refractivity contribution in [3.63, 3.8) is 0 Å². The second kappa shape index (κ2) is 12.0. The Labute approximate surface area is 251 Å². The number of halogens is 1. The van der Waals surface area contributed by atoms with Crippen molar-refractivity contribution in [2.45, 2.75) is 13.5 Å². The molecule has 2 N–H and O–H groups in total. The second-order valence-corrected chi connectivity index (χ2v) is 10.4. The fraction of sp³-hybridized carbons (Fsp3) is 0.188. The molecule has 44 heavy (non-hydrogen) atoms. The van der Waals surface area contributed by atoms with Crippen LogP contribution < -0.4 is 5.56 Å². The summed E-state index contributed by atoms with van der Waals surface area (Å²) in [7, 11) is 0. The van der Waals surface area contributed by atoms with E-state index in [1.54, 1.807) is 46.1 Å². The number of carbonyl (C=O) groups is 1. The minimum Gasteiger partial charge on any atom is -0.508 e. The molecule has 222 valence electrons. The maximum absolute atomic E-state index is 13.8. The Bertz CT molecular complexity index is 1910. The van der Waals surface area contributed by atoms with E-state index in [0.29, 0.717) is 60.1 Å². The average Bonchev–Trinajstić information content (AvgIpc) is 3.53. The number of aromatic hydroxyl groups is 1. The van der Waals surface area contributed by atoms with E-state index in [9.17, 15) is 19.1 Å². The van der Waals surface area contributed by atoms with E-state index in [1.165, 1.54) is 28.9 Å². The predicted molar refractivity (Wildman–Crippen MR) is 160 cm³/mol. The highest BCUT2D eigenvalue weighted by atomic mass is 19.1. The summed E-state index contributed by atoms with van der Waals surface area (Å²) in [5.41, 5.74) is 4.24. The first-order valence-corrected chi connectivity index (χ1v) is 13.9. The van der Waals surface area contributed by atoms with E-state index in [1.807, 2.05) is 19.1 Å². The first-order valence-electron chi connectivity index (χ1n) is 13.9. The van der Waals surface area contributed by atoms with E-state index in [-0.39, 0.29) is 29.5 Å². The van der Waals surface area contributed by atoms with Crippen LogP contribution in [0.2, 0.25) is 0 Å². The molecule has 1 aliphatic rings. The molecule has 0 radical (unpaired) electrons. The van der Waals surface area contributed by atoms with Gasteiger partial charge in [0, 0.05) is 41.9 Å². The zero-order valence-corrected chi connectivity index (χ0v) is 23.8. The number of amides is 1. The van der Waals surface area contributed by atoms with Gasteiger partial charge in [-0.05, 0) is 66.6 Å². The first-order chi connectivity index (χ1) is 21.2. The van der Waals surface area contributed by atoms with Crippen LogP contribution in [-0.4, -0.2) is 72.7 Å². The van der Waals surface area contributed by atoms with Gasteiger partial charge in [-0.25, -0.2) is 13.8 Å². The molecule has 1 aliphatic heterocycles. The number of morpholine rings is 1. The fourth-order valence-corrected chi connectivity index (χ4v) is 5.00. The Morgan fingerprint density at radius 1 is 1.02 bits per heavy atom. The van der Waals surface area contributed by atoms with E-state index < -0.39 is 5.82 Å². The molecule has 11 nitrogen and oxygen atoms in total. The Morgan fingerprint density at radius 2 is 1.80 bits per heavy atom. The van der Waals surface area contributed by atoms with Crippen molar-refractivity contribution in [2.75, 3.05) is 26.3 Å². The van der Waals surface area contributed by atoms with Gasteiger partial charge >= 0.3 is 0 Å². The van der Waals surface area contributed by atoms with Crippen LogP contribution in [0.5, 0.6) is 5.75 Å². The molecule has 2 aromatic heterocycles. The normalized spacial score (nSPS) is 13.2. The number of ether oxygens (including phenoxy) is 1. The van der Waals surface area contributed by atoms with E-state index in [4.69, 9.17) is 10.1 Å². The molecule has 0 atom stereocenters. The summed E-state index contributed by atoms with van der Waals surface area (Å²) in [5, 5.41) is 31.4. The largest absolute Gasteiger partial charge is 0.508 e. The van der Waals surface area contributed by atoms with E-state index >= 15 is 0 Å². The lowest BCUT2D eigenvalue weighted by Crippen LogP contribution is -2.40. The highest BCUT2D eigenvalue weighted by molar-refractivity contribution is 6.10. The summed E-state index contributed by atoms with van der Waals surface area (Å²) >= 11 is 0. The molecule has 1 saturated heterocycles. The van der Waals surface area contributed by atoms with Gasteiger partial charge in [-0.3, -0.25) is 15.0 Å². The summed E-state index contributed by atoms with van der Waals surface area (Å²) in [4.78, 5) is 27.1. The molecule has 0 saturated carbocycles. The summed E-state index contributed by atoms with van der Waals surface area (Å²) in [5.74, 6) is -0.906. The van der Waals surface area contributed by atoms with Gasteiger partial charge in [0.2, 0.25) is 0 Å². The predicted octanol–water partition coefficient (Wildman–Crippen LogP) is 3.58. The number of rotatable bonds is 7. The number of nitrogens with one attached hydrogen (secondary N) is 1. The maximum Gasteiger partial charge on any atom is 0.267 e. The molecule has 0 aliphatic carbocycles. The molecule has 5 aromatic rings. The molecule has 1 amide bonds. The zero-order valence-electron chi connectivity index (χ0n) is 23.8. The molecule has 1 fully saturated rings. The second-order valence-electron chi connectivity index (χ2n) is 10.4. The van der Waals surface area contributed by atoms with Crippen molar-refractivity contribution >= 4 is 11.6 Å². The number of hydrogen-bond donors (Lipinski definition) is 2. The third-order valence-corrected chi connectivity index (χ3v) is 7.38. The quantitative estimate of drug-likeness (QED) is 0.275. The number of aryl methyl sites for hydroxylation is 1. The molecule has 3 aromatic carbocycles. The number of benzene rings is 3. The van der Waals surface area contributed by atoms with Crippen molar-refractivity contribution in [1.82, 2.24) is 29.7 Å². The Hall–Kier alpha value is -5.49. The van der Waals surface area contributed by atoms with Crippen LogP contribution in [-0.2, 0) is 11.3 Å². The molecule has 0 spiro atoms. The Kier molecular flexibility index (Phi) is 7.82. The number of nitrogens with zero attached hydrogens (tertiary/aromatic N) is 6. The maximum atomic E-state index is 13.8. The monoisotopic (exact) mass is 593 g/mol. The SMILES string of the molecule is Cc1ccc(Cn2nc(-c3cc(O)cc(F)c3)ccc2=O)cc1C(=N)c1cn(-c2ccc(C(=O)N3CCOCC3)cc2)nn1. The number of aromatic nitrogens is 5. The minimum absolute atomic E-state index is 0.0475. The molecule has 3 heterocycles. The third kappa shape index (κ3) is 6.01. The lowest BCUT2D eigenvalue weighted by molar-refractivity contribution is 0.0303. The van der Waals surface area contributed by atoms with E-state index in [2.05, 4.69) is 15.4 Å². The highest BCUT2D eigenvalue weighted by Gasteiger charge is 2.19. The number of carbonyl (C=O) groups excluding carboxylic acids is 1. The van der Waals surface area contributed by atoms with Gasteiger partial charge in [0.15, 0.2) is 0 Å². The topological polar surface area (TPSA) is 139 Å². The van der Waals surface area contributed by atoms with Gasteiger partial charge in [0.1, 0.15) is 17.3 Å². The van der Waals surface area contributed by atoms with Gasteiger partial charge in [-0.15, -0.1) is 5.10 Å². The smallest absolute Gasteiger partial charge is 0.267 e. The van der Waals surface area contributed by atoms with Gasteiger partial charge in [0.05, 0.1) is 43.0 Å². The first kappa shape index (κ1) is 28.6. The van der Waals surface area contributed by atoms with Gasteiger partial charge in [0.25, 0.3) is 11.5 Å². The van der Waals surface area contributed by atoms with Crippen LogP contribution in [0.1, 0.15) is 32.7 Å². The molecule has 12 heteroatoms. The molecule has 6 rings (SSSR count). The van der Waals surface area contributed by atoms with Crippen molar-refractivity contribution < 1.29 is 19.0 Å². The summed E-state index contributed by atoms with van der Waals surface area (Å²) in [6.45, 7) is 4.18. The number of hydrogen-bond acceptors (Lipinski definition) is 8. The van der Waals surface area contributed by atoms with Crippen molar-refractivity contribution in [1.29, 1.82) is 5.41 Å². The van der Waals surface area contributed by atoms with Crippen LogP contribution in [0, 0.1) is 18.2 Å². The lowest BCUT2D eigenvalue weighted by Gasteiger charge is -2.26. The van der Waals surface area contributed by atoms with Crippen LogP contribution in [0.25, 0.3) is 16.9 Å². The highest BCUT2D eigenvalue weighted by Crippen LogP contribution is 2.23. The third-order valence-electron chi connectivity index (χ3n) is 7.38. The fourth-order valence-electron chi connectivity index (χ4n) is 5.00. The van der Waals surface area contributed by atoms with Crippen LogP contribution in [0.3, 0.4) is 0 Å². The zero-order chi connectivity index (χ0) is 30.8. The van der Waals surface area contributed by atoms with Gasteiger partial charge < -0.3 is 14.7 Å². The van der Waals surface area contributed by atoms with Crippen molar-refractivity contribution in [3.05, 3.63) is 123 Å². The Balaban J connectivity index is 1.20. The molecule has 0 bridgehead atoms. The molecular formula is C32H28FN7O4. The van der Waals surface area contributed by atoms with Crippen molar-refractivity contribution in [3.8, 4) is 22.7 Å². The van der Waals surface area contributed by atoms with Gasteiger partial charge in [-0.2, -0.15) is 5.10 Å². The molecular weight excluding hydrogens is 565 g/mol. The average molecular weight is 594 g/mol. The Morgan fingerprint density at radius 3 is 2.55 bits per heavy atom. The lowest BCUT2D eigenvalue weighted by atomic mass is 9.99. The number of phenols is 1. The van der Waals surface area contributed by atoms with Crippen LogP contribution in [0.4, 0.5) is 4.39 Å². The van der Waals surface area contributed by atoms with Crippen LogP contribution in [0.15, 0.2) is 83.8 Å². The summed E-state index contributed by atoms with van der Waals surface area (Å²) in [6, 6.07) is 19.0. The minimum atomic E-state index is -0.617. The van der Waals surface area contributed by atoms with Crippen molar-refractivity contribution in [2.24, 2.45) is 0 Å². The number of phenolic OH excluding ortho intramolecular Hbond substituents is 1. The standard InChI is InChI=1S/C32H28FN7O4/c1-20-2-3-21(18-40-30(42)9-8-28(36-40)23-15-24(33)17-26(41)16-23)14-27(20)31(34)29-19-39(37-35-29)25-6-4-22(5-7-25)32(43)38-10-12-44-13-11-38/h2-9,14-17,19,34,41H,10-13,18H2,1H3. The summed E-state index contributed by atoms with van der Waals surface area (Å²) < 4.78 is 22.0. The van der Waals surface area contributed by atoms with Gasteiger partial charge in [-0.1, -0.05) is 17.3 Å². The summed E-state index contributed by atoms with van der Waals surface area (Å²) in [6.07, 6.45) is 1.65.